The monoisotopic (exact) mass is 703 g/mol. The lowest BCUT2D eigenvalue weighted by atomic mass is 9.82. The largest absolute Gasteiger partial charge is 0.488 e. The van der Waals surface area contributed by atoms with Crippen LogP contribution >= 0.6 is 0 Å². The number of nitrogens with one attached hydrogen (secondary N) is 1. The average molecular weight is 704 g/mol. The molecule has 3 aromatic rings. The summed E-state index contributed by atoms with van der Waals surface area (Å²) in [4.78, 5) is 43.4. The van der Waals surface area contributed by atoms with Crippen LogP contribution in [-0.2, 0) is 32.0 Å². The van der Waals surface area contributed by atoms with Crippen molar-refractivity contribution in [1.82, 2.24) is 15.1 Å². The third kappa shape index (κ3) is 9.00. The quantitative estimate of drug-likeness (QED) is 0.118. The average Bonchev–Trinajstić information content (AvgIpc) is 3.98. The van der Waals surface area contributed by atoms with Crippen molar-refractivity contribution in [2.75, 3.05) is 33.4 Å². The van der Waals surface area contributed by atoms with Gasteiger partial charge in [0.25, 0.3) is 5.91 Å². The van der Waals surface area contributed by atoms with Gasteiger partial charge in [-0.05, 0) is 79.3 Å². The maximum Gasteiger partial charge on any atom is 0.305 e. The summed E-state index contributed by atoms with van der Waals surface area (Å²) in [5, 5.41) is 3.65. The smallest absolute Gasteiger partial charge is 0.305 e. The van der Waals surface area contributed by atoms with Crippen molar-refractivity contribution in [2.24, 2.45) is 0 Å². The first-order valence-corrected chi connectivity index (χ1v) is 17.8. The van der Waals surface area contributed by atoms with E-state index < -0.39 is 23.2 Å². The first kappa shape index (κ1) is 36.2. The van der Waals surface area contributed by atoms with Crippen LogP contribution in [-0.4, -0.2) is 79.1 Å². The second-order valence-corrected chi connectivity index (χ2v) is 13.5. The molecule has 2 amide bonds. The van der Waals surface area contributed by atoms with Gasteiger partial charge in [0, 0.05) is 50.1 Å². The zero-order valence-corrected chi connectivity index (χ0v) is 28.8. The Hall–Kier alpha value is -4.64. The van der Waals surface area contributed by atoms with Crippen molar-refractivity contribution < 1.29 is 37.0 Å². The molecule has 1 saturated carbocycles. The van der Waals surface area contributed by atoms with Crippen molar-refractivity contribution >= 4 is 23.4 Å². The van der Waals surface area contributed by atoms with E-state index in [1.54, 1.807) is 0 Å². The molecule has 1 saturated heterocycles. The van der Waals surface area contributed by atoms with Gasteiger partial charge in [-0.3, -0.25) is 14.4 Å². The molecule has 1 aliphatic carbocycles. The first-order valence-electron chi connectivity index (χ1n) is 17.8. The van der Waals surface area contributed by atoms with Crippen LogP contribution in [0.1, 0.15) is 61.6 Å². The van der Waals surface area contributed by atoms with Crippen LogP contribution < -0.4 is 10.1 Å². The van der Waals surface area contributed by atoms with Crippen LogP contribution in [0.15, 0.2) is 72.3 Å². The molecule has 51 heavy (non-hydrogen) atoms. The molecule has 3 aliphatic rings. The fraction of sp³-hybridized carbons (Fsp3) is 0.425. The standard InChI is InChI=1S/C40H44F3N3O5/c1-50-36(48)11-5-10-35(47)45-24-29-23-31(28-14-12-27(13-15-28)9-6-22-51-39-33(42)19-18-32(41)38(39)43)37(34(25-45)44-29)40(49)46(30-16-17-30)21-20-26-7-3-2-4-8-26/h2-4,7-8,12-15,18-19,29-30,34,44H,5-6,9-11,16-17,20-25H2,1H3/t29-,34-/m1/s1. The molecule has 0 aromatic heterocycles. The number of hydrogen-bond acceptors (Lipinski definition) is 6. The summed E-state index contributed by atoms with van der Waals surface area (Å²) < 4.78 is 51.4. The number of carbonyl (C=O) groups excluding carboxylic acids is 3. The molecule has 270 valence electrons. The van der Waals surface area contributed by atoms with Gasteiger partial charge in [-0.1, -0.05) is 54.6 Å². The van der Waals surface area contributed by atoms with Gasteiger partial charge in [-0.2, -0.15) is 4.39 Å². The molecule has 8 nitrogen and oxygen atoms in total. The van der Waals surface area contributed by atoms with E-state index in [2.05, 4.69) is 17.4 Å². The van der Waals surface area contributed by atoms with E-state index in [1.165, 1.54) is 12.7 Å². The minimum absolute atomic E-state index is 0.00240. The Balaban J connectivity index is 1.20. The number of methoxy groups -OCH3 is 1. The lowest BCUT2D eigenvalue weighted by molar-refractivity contribution is -0.141. The predicted molar refractivity (Wildman–Crippen MR) is 186 cm³/mol. The lowest BCUT2D eigenvalue weighted by Gasteiger charge is -2.45. The third-order valence-corrected chi connectivity index (χ3v) is 9.88. The SMILES string of the molecule is COC(=O)CCCC(=O)N1C[C@H]2CC(c3ccc(CCCOc4c(F)ccc(F)c4F)cc3)=C(C(=O)N(CCc3ccccc3)C3CC3)[C@@H](C1)N2. The number of amides is 2. The number of ether oxygens (including phenoxy) is 2. The molecule has 6 rings (SSSR count). The van der Waals surface area contributed by atoms with Gasteiger partial charge in [0.15, 0.2) is 17.4 Å². The molecule has 2 aliphatic heterocycles. The Labute approximate surface area is 296 Å². The topological polar surface area (TPSA) is 88.2 Å². The summed E-state index contributed by atoms with van der Waals surface area (Å²) in [5.41, 5.74) is 4.76. The van der Waals surface area contributed by atoms with E-state index in [1.807, 2.05) is 52.3 Å². The molecular weight excluding hydrogens is 659 g/mol. The Morgan fingerprint density at radius 2 is 1.59 bits per heavy atom. The van der Waals surface area contributed by atoms with Gasteiger partial charge in [-0.15, -0.1) is 0 Å². The zero-order chi connectivity index (χ0) is 35.9. The number of piperazine rings is 1. The number of hydrogen-bond donors (Lipinski definition) is 1. The second-order valence-electron chi connectivity index (χ2n) is 13.5. The molecule has 2 heterocycles. The Morgan fingerprint density at radius 3 is 2.31 bits per heavy atom. The molecule has 2 fully saturated rings. The number of aryl methyl sites for hydroxylation is 1. The Morgan fingerprint density at radius 1 is 0.863 bits per heavy atom. The van der Waals surface area contributed by atoms with E-state index in [0.717, 1.165) is 48.1 Å². The van der Waals surface area contributed by atoms with Crippen LogP contribution in [0, 0.1) is 17.5 Å². The predicted octanol–water partition coefficient (Wildman–Crippen LogP) is 6.02. The number of carbonyl (C=O) groups is 3. The zero-order valence-electron chi connectivity index (χ0n) is 28.8. The van der Waals surface area contributed by atoms with E-state index in [0.29, 0.717) is 50.9 Å². The molecule has 0 radical (unpaired) electrons. The van der Waals surface area contributed by atoms with E-state index in [4.69, 9.17) is 9.47 Å². The second kappa shape index (κ2) is 16.6. The van der Waals surface area contributed by atoms with Gasteiger partial charge < -0.3 is 24.6 Å². The van der Waals surface area contributed by atoms with E-state index in [9.17, 15) is 27.6 Å². The van der Waals surface area contributed by atoms with Crippen LogP contribution in [0.25, 0.3) is 5.57 Å². The first-order chi connectivity index (χ1) is 24.7. The van der Waals surface area contributed by atoms with Gasteiger partial charge >= 0.3 is 5.97 Å². The molecule has 0 unspecified atom stereocenters. The summed E-state index contributed by atoms with van der Waals surface area (Å²) in [6, 6.07) is 19.5. The highest BCUT2D eigenvalue weighted by Crippen LogP contribution is 2.37. The van der Waals surface area contributed by atoms with Crippen molar-refractivity contribution in [3.63, 3.8) is 0 Å². The van der Waals surface area contributed by atoms with Crippen molar-refractivity contribution in [3.05, 3.63) is 106 Å². The van der Waals surface area contributed by atoms with Gasteiger partial charge in [0.05, 0.1) is 19.8 Å². The highest BCUT2D eigenvalue weighted by Gasteiger charge is 2.43. The molecular formula is C40H44F3N3O5. The number of fused-ring (bicyclic) bond motifs is 2. The molecule has 3 aromatic carbocycles. The Kier molecular flexibility index (Phi) is 11.8. The van der Waals surface area contributed by atoms with Gasteiger partial charge in [0.2, 0.25) is 11.7 Å². The maximum absolute atomic E-state index is 14.7. The lowest BCUT2D eigenvalue weighted by Crippen LogP contribution is -2.62. The van der Waals surface area contributed by atoms with Crippen LogP contribution in [0.5, 0.6) is 5.75 Å². The van der Waals surface area contributed by atoms with E-state index in [-0.39, 0.29) is 55.4 Å². The number of halogens is 3. The summed E-state index contributed by atoms with van der Waals surface area (Å²) in [6.45, 7) is 1.47. The van der Waals surface area contributed by atoms with Crippen LogP contribution in [0.3, 0.4) is 0 Å². The highest BCUT2D eigenvalue weighted by atomic mass is 19.2. The number of rotatable bonds is 15. The fourth-order valence-electron chi connectivity index (χ4n) is 7.06. The number of nitrogens with zero attached hydrogens (tertiary/aromatic N) is 2. The normalized spacial score (nSPS) is 18.4. The molecule has 2 atom stereocenters. The minimum Gasteiger partial charge on any atom is -0.488 e. The third-order valence-electron chi connectivity index (χ3n) is 9.88. The van der Waals surface area contributed by atoms with E-state index >= 15 is 0 Å². The summed E-state index contributed by atoms with van der Waals surface area (Å²) in [5.74, 6) is -4.54. The van der Waals surface area contributed by atoms with Crippen molar-refractivity contribution in [1.29, 1.82) is 0 Å². The van der Waals surface area contributed by atoms with Crippen molar-refractivity contribution in [2.45, 2.75) is 75.9 Å². The summed E-state index contributed by atoms with van der Waals surface area (Å²) in [6.07, 6.45) is 5.08. The number of benzene rings is 3. The maximum atomic E-state index is 14.7. The van der Waals surface area contributed by atoms with Crippen LogP contribution in [0.4, 0.5) is 13.2 Å². The highest BCUT2D eigenvalue weighted by molar-refractivity contribution is 6.03. The van der Waals surface area contributed by atoms with Gasteiger partial charge in [-0.25, -0.2) is 8.78 Å². The summed E-state index contributed by atoms with van der Waals surface area (Å²) >= 11 is 0. The van der Waals surface area contributed by atoms with Crippen molar-refractivity contribution in [3.8, 4) is 5.75 Å². The molecule has 11 heteroatoms. The van der Waals surface area contributed by atoms with Crippen LogP contribution in [0.2, 0.25) is 0 Å². The molecule has 2 bridgehead atoms. The fourth-order valence-corrected chi connectivity index (χ4v) is 7.06. The Bertz CT molecular complexity index is 1750. The van der Waals surface area contributed by atoms with Gasteiger partial charge in [0.1, 0.15) is 0 Å². The molecule has 1 N–H and O–H groups in total. The molecule has 0 spiro atoms. The number of esters is 1. The minimum atomic E-state index is -1.34. The summed E-state index contributed by atoms with van der Waals surface area (Å²) in [7, 11) is 1.33.